The van der Waals surface area contributed by atoms with E-state index < -0.39 is 0 Å². The summed E-state index contributed by atoms with van der Waals surface area (Å²) in [5.74, 6) is 4.86. The van der Waals surface area contributed by atoms with Gasteiger partial charge in [0.15, 0.2) is 0 Å². The highest BCUT2D eigenvalue weighted by Gasteiger charge is 2.25. The highest BCUT2D eigenvalue weighted by atomic mass is 35.5. The van der Waals surface area contributed by atoms with Gasteiger partial charge in [0.05, 0.1) is 10.0 Å². The van der Waals surface area contributed by atoms with E-state index in [4.69, 9.17) is 46.2 Å². The highest BCUT2D eigenvalue weighted by molar-refractivity contribution is 6.42. The van der Waals surface area contributed by atoms with Crippen molar-refractivity contribution in [2.24, 2.45) is 28.1 Å². The summed E-state index contributed by atoms with van der Waals surface area (Å²) < 4.78 is 0. The van der Waals surface area contributed by atoms with Gasteiger partial charge in [-0.25, -0.2) is 0 Å². The number of hydrogen-bond donors (Lipinski definition) is 5. The first-order valence-corrected chi connectivity index (χ1v) is 13.5. The van der Waals surface area contributed by atoms with Gasteiger partial charge in [-0.15, -0.1) is 0 Å². The van der Waals surface area contributed by atoms with Crippen LogP contribution >= 0.6 is 23.2 Å². The smallest absolute Gasteiger partial charge is 0.217 e. The van der Waals surface area contributed by atoms with Crippen LogP contribution in [0.1, 0.15) is 49.7 Å². The van der Waals surface area contributed by atoms with E-state index in [0.29, 0.717) is 47.2 Å². The van der Waals surface area contributed by atoms with Crippen LogP contribution in [-0.2, 0) is 17.8 Å². The third-order valence-corrected chi connectivity index (χ3v) is 7.11. The number of likely N-dealkylation sites (tertiary alicyclic amines) is 1. The molecule has 2 aromatic carbocycles. The minimum atomic E-state index is -0.329. The fraction of sp³-hybridized carbons (Fsp3) is 0.481. The SMILES string of the molecule is N/N=C(\N)CCCC(N)=O.NC1CCN(C(CCNCc2ccc(Cl)c(Cl)c2)CCc2ccccc2)C1. The average Bonchev–Trinajstić information content (AvgIpc) is 3.32. The third kappa shape index (κ3) is 12.6. The number of benzene rings is 2. The fourth-order valence-corrected chi connectivity index (χ4v) is 4.61. The number of carbonyl (C=O) groups excluding carboxylic acids is 1. The molecule has 1 saturated heterocycles. The van der Waals surface area contributed by atoms with Gasteiger partial charge in [-0.2, -0.15) is 5.10 Å². The van der Waals surface area contributed by atoms with Crippen LogP contribution in [0.15, 0.2) is 53.6 Å². The minimum absolute atomic E-state index is 0.327. The third-order valence-electron chi connectivity index (χ3n) is 6.37. The Balaban J connectivity index is 0.000000410. The van der Waals surface area contributed by atoms with Crippen LogP contribution < -0.4 is 28.4 Å². The van der Waals surface area contributed by atoms with Crippen LogP contribution in [0.4, 0.5) is 0 Å². The predicted octanol–water partition coefficient (Wildman–Crippen LogP) is 3.38. The van der Waals surface area contributed by atoms with Gasteiger partial charge in [0, 0.05) is 44.6 Å². The van der Waals surface area contributed by atoms with Crippen LogP contribution in [0.3, 0.4) is 0 Å². The normalized spacial score (nSPS) is 16.7. The summed E-state index contributed by atoms with van der Waals surface area (Å²) in [6.45, 7) is 3.92. The zero-order valence-electron chi connectivity index (χ0n) is 21.4. The molecule has 2 aromatic rings. The highest BCUT2D eigenvalue weighted by Crippen LogP contribution is 2.22. The van der Waals surface area contributed by atoms with Crippen molar-refractivity contribution < 1.29 is 4.79 Å². The average molecular weight is 551 g/mol. The molecule has 10 heteroatoms. The van der Waals surface area contributed by atoms with Gasteiger partial charge in [-0.05, 0) is 61.9 Å². The molecule has 0 spiro atoms. The van der Waals surface area contributed by atoms with Crippen LogP contribution in [0, 0.1) is 0 Å². The first-order valence-electron chi connectivity index (χ1n) is 12.8. The molecule has 204 valence electrons. The number of nitrogens with two attached hydrogens (primary N) is 4. The number of rotatable bonds is 13. The lowest BCUT2D eigenvalue weighted by molar-refractivity contribution is -0.118. The van der Waals surface area contributed by atoms with Gasteiger partial charge in [0.1, 0.15) is 5.84 Å². The predicted molar refractivity (Wildman–Crippen MR) is 154 cm³/mol. The molecule has 1 amide bonds. The summed E-state index contributed by atoms with van der Waals surface area (Å²) in [7, 11) is 0. The van der Waals surface area contributed by atoms with Gasteiger partial charge in [0.2, 0.25) is 5.91 Å². The number of carbonyl (C=O) groups is 1. The maximum absolute atomic E-state index is 10.2. The Morgan fingerprint density at radius 3 is 2.43 bits per heavy atom. The molecule has 2 atom stereocenters. The Morgan fingerprint density at radius 1 is 1.05 bits per heavy atom. The number of halogens is 2. The zero-order chi connectivity index (χ0) is 27.0. The molecule has 0 saturated carbocycles. The van der Waals surface area contributed by atoms with Gasteiger partial charge in [0.25, 0.3) is 0 Å². The van der Waals surface area contributed by atoms with E-state index in [2.05, 4.69) is 45.6 Å². The van der Waals surface area contributed by atoms with Crippen molar-refractivity contribution in [3.05, 3.63) is 69.7 Å². The number of aryl methyl sites for hydroxylation is 1. The molecule has 1 heterocycles. The van der Waals surface area contributed by atoms with Crippen molar-refractivity contribution in [3.63, 3.8) is 0 Å². The summed E-state index contributed by atoms with van der Waals surface area (Å²) in [6, 6.07) is 17.5. The molecule has 1 fully saturated rings. The Morgan fingerprint density at radius 2 is 1.81 bits per heavy atom. The molecule has 1 aliphatic heterocycles. The van der Waals surface area contributed by atoms with E-state index in [1.54, 1.807) is 0 Å². The summed E-state index contributed by atoms with van der Waals surface area (Å²) >= 11 is 12.1. The van der Waals surface area contributed by atoms with Gasteiger partial charge in [-0.3, -0.25) is 9.69 Å². The number of primary amides is 1. The molecule has 0 radical (unpaired) electrons. The topological polar surface area (TPSA) is 149 Å². The molecule has 9 N–H and O–H groups in total. The largest absolute Gasteiger partial charge is 0.386 e. The number of hydrazone groups is 1. The second kappa shape index (κ2) is 17.2. The summed E-state index contributed by atoms with van der Waals surface area (Å²) in [4.78, 5) is 12.8. The first kappa shape index (κ1) is 30.9. The molecule has 0 aliphatic carbocycles. The molecule has 3 rings (SSSR count). The molecular formula is C27H41Cl2N7O. The van der Waals surface area contributed by atoms with Gasteiger partial charge in [-0.1, -0.05) is 59.6 Å². The number of amidine groups is 1. The van der Waals surface area contributed by atoms with Crippen molar-refractivity contribution in [2.75, 3.05) is 19.6 Å². The molecule has 2 unspecified atom stereocenters. The van der Waals surface area contributed by atoms with Crippen molar-refractivity contribution >= 4 is 34.9 Å². The van der Waals surface area contributed by atoms with Crippen LogP contribution in [-0.4, -0.2) is 48.4 Å². The van der Waals surface area contributed by atoms with Gasteiger partial charge < -0.3 is 28.4 Å². The monoisotopic (exact) mass is 549 g/mol. The lowest BCUT2D eigenvalue weighted by Crippen LogP contribution is -2.38. The van der Waals surface area contributed by atoms with E-state index in [-0.39, 0.29) is 5.91 Å². The number of nitrogens with zero attached hydrogens (tertiary/aromatic N) is 2. The lowest BCUT2D eigenvalue weighted by atomic mass is 10.0. The molecule has 8 nitrogen and oxygen atoms in total. The number of nitrogens with one attached hydrogen (secondary N) is 1. The molecular weight excluding hydrogens is 509 g/mol. The van der Waals surface area contributed by atoms with E-state index >= 15 is 0 Å². The Hall–Kier alpha value is -2.36. The second-order valence-electron chi connectivity index (χ2n) is 9.38. The molecule has 1 aliphatic rings. The van der Waals surface area contributed by atoms with Crippen LogP contribution in [0.25, 0.3) is 0 Å². The fourth-order valence-electron chi connectivity index (χ4n) is 4.29. The van der Waals surface area contributed by atoms with Gasteiger partial charge >= 0.3 is 0 Å². The van der Waals surface area contributed by atoms with Crippen molar-refractivity contribution in [1.82, 2.24) is 10.2 Å². The molecule has 0 aromatic heterocycles. The first-order chi connectivity index (χ1) is 17.8. The Labute approximate surface area is 230 Å². The number of amides is 1. The molecule has 37 heavy (non-hydrogen) atoms. The van der Waals surface area contributed by atoms with E-state index in [1.807, 2.05) is 18.2 Å². The molecule has 0 bridgehead atoms. The van der Waals surface area contributed by atoms with Crippen molar-refractivity contribution in [1.29, 1.82) is 0 Å². The quantitative estimate of drug-likeness (QED) is 0.0849. The lowest BCUT2D eigenvalue weighted by Gasteiger charge is -2.28. The van der Waals surface area contributed by atoms with E-state index in [1.165, 1.54) is 12.0 Å². The summed E-state index contributed by atoms with van der Waals surface area (Å²) in [5.41, 5.74) is 18.8. The van der Waals surface area contributed by atoms with Crippen molar-refractivity contribution in [3.8, 4) is 0 Å². The summed E-state index contributed by atoms with van der Waals surface area (Å²) in [5, 5.41) is 8.00. The van der Waals surface area contributed by atoms with Crippen molar-refractivity contribution in [2.45, 2.75) is 63.6 Å². The van der Waals surface area contributed by atoms with E-state index in [9.17, 15) is 4.79 Å². The minimum Gasteiger partial charge on any atom is -0.386 e. The van der Waals surface area contributed by atoms with E-state index in [0.717, 1.165) is 51.0 Å². The zero-order valence-corrected chi connectivity index (χ0v) is 22.9. The number of hydrogen-bond acceptors (Lipinski definition) is 6. The summed E-state index contributed by atoms with van der Waals surface area (Å²) in [6.07, 6.45) is 5.99. The van der Waals surface area contributed by atoms with Crippen LogP contribution in [0.2, 0.25) is 10.0 Å². The van der Waals surface area contributed by atoms with Crippen LogP contribution in [0.5, 0.6) is 0 Å². The second-order valence-corrected chi connectivity index (χ2v) is 10.2. The maximum Gasteiger partial charge on any atom is 0.217 e. The Kier molecular flexibility index (Phi) is 14.4. The Bertz CT molecular complexity index is 974. The standard InChI is InChI=1S/C22H29Cl2N3.C5H12N4O/c23-21-9-7-18(14-22(21)24)15-26-12-10-20(27-13-11-19(25)16-27)8-6-17-4-2-1-3-5-17;6-4(9-8)2-1-3-5(7)10/h1-5,7,9,14,19-20,26H,6,8,10-13,15-16,25H2;1-3,8H2,(H2,6,9)(H2,7,10). The maximum atomic E-state index is 10.2.